The SMILES string of the molecule is CCC(COC)NC(=O)c1ccc(NC)c(C)c1. The lowest BCUT2D eigenvalue weighted by atomic mass is 10.1. The zero-order chi connectivity index (χ0) is 13.5. The van der Waals surface area contributed by atoms with E-state index >= 15 is 0 Å². The Bertz CT molecular complexity index is 405. The third kappa shape index (κ3) is 3.74. The molecule has 0 spiro atoms. The quantitative estimate of drug-likeness (QED) is 0.813. The van der Waals surface area contributed by atoms with Crippen LogP contribution in [0.2, 0.25) is 0 Å². The fourth-order valence-corrected chi connectivity index (χ4v) is 1.82. The molecule has 0 aromatic heterocycles. The average Bonchev–Trinajstić information content (AvgIpc) is 2.37. The highest BCUT2D eigenvalue weighted by Gasteiger charge is 2.12. The Balaban J connectivity index is 2.74. The predicted molar refractivity (Wildman–Crippen MR) is 74.1 cm³/mol. The number of hydrogen-bond donors (Lipinski definition) is 2. The van der Waals surface area contributed by atoms with E-state index in [1.165, 1.54) is 0 Å². The van der Waals surface area contributed by atoms with Crippen molar-refractivity contribution >= 4 is 11.6 Å². The Labute approximate surface area is 109 Å². The van der Waals surface area contributed by atoms with E-state index in [0.29, 0.717) is 12.2 Å². The minimum absolute atomic E-state index is 0.0512. The molecule has 2 N–H and O–H groups in total. The first-order valence-electron chi connectivity index (χ1n) is 6.20. The first-order valence-corrected chi connectivity index (χ1v) is 6.20. The summed E-state index contributed by atoms with van der Waals surface area (Å²) < 4.78 is 5.07. The zero-order valence-corrected chi connectivity index (χ0v) is 11.5. The van der Waals surface area contributed by atoms with Crippen molar-refractivity contribution in [1.82, 2.24) is 5.32 Å². The number of benzene rings is 1. The molecule has 1 unspecified atom stereocenters. The molecule has 4 heteroatoms. The van der Waals surface area contributed by atoms with Gasteiger partial charge >= 0.3 is 0 Å². The maximum Gasteiger partial charge on any atom is 0.251 e. The van der Waals surface area contributed by atoms with Crippen LogP contribution in [0.4, 0.5) is 5.69 Å². The summed E-state index contributed by atoms with van der Waals surface area (Å²) in [4.78, 5) is 12.1. The molecule has 0 aliphatic rings. The van der Waals surface area contributed by atoms with E-state index in [4.69, 9.17) is 4.74 Å². The molecule has 0 aliphatic carbocycles. The smallest absolute Gasteiger partial charge is 0.251 e. The molecule has 1 aromatic rings. The second-order valence-corrected chi connectivity index (χ2v) is 4.31. The summed E-state index contributed by atoms with van der Waals surface area (Å²) in [5.41, 5.74) is 2.78. The third-order valence-corrected chi connectivity index (χ3v) is 2.95. The molecule has 0 bridgehead atoms. The molecule has 0 fully saturated rings. The van der Waals surface area contributed by atoms with Gasteiger partial charge in [0.05, 0.1) is 12.6 Å². The van der Waals surface area contributed by atoms with Gasteiger partial charge in [0.25, 0.3) is 5.91 Å². The second-order valence-electron chi connectivity index (χ2n) is 4.31. The van der Waals surface area contributed by atoms with Crippen LogP contribution >= 0.6 is 0 Å². The van der Waals surface area contributed by atoms with Crippen molar-refractivity contribution in [2.45, 2.75) is 26.3 Å². The van der Waals surface area contributed by atoms with Gasteiger partial charge in [-0.1, -0.05) is 6.92 Å². The van der Waals surface area contributed by atoms with E-state index in [0.717, 1.165) is 17.7 Å². The van der Waals surface area contributed by atoms with Gasteiger partial charge in [0, 0.05) is 25.4 Å². The van der Waals surface area contributed by atoms with Crippen LogP contribution in [-0.4, -0.2) is 32.7 Å². The normalized spacial score (nSPS) is 12.0. The van der Waals surface area contributed by atoms with E-state index < -0.39 is 0 Å². The van der Waals surface area contributed by atoms with Crippen molar-refractivity contribution < 1.29 is 9.53 Å². The maximum absolute atomic E-state index is 12.1. The molecule has 1 amide bonds. The summed E-state index contributed by atoms with van der Waals surface area (Å²) in [6.07, 6.45) is 0.854. The maximum atomic E-state index is 12.1. The number of nitrogens with one attached hydrogen (secondary N) is 2. The molecule has 1 rings (SSSR count). The standard InChI is InChI=1S/C14H22N2O2/c1-5-12(9-18-4)16-14(17)11-6-7-13(15-3)10(2)8-11/h6-8,12,15H,5,9H2,1-4H3,(H,16,17). The Kier molecular flexibility index (Phi) is 5.65. The van der Waals surface area contributed by atoms with Crippen LogP contribution in [-0.2, 0) is 4.74 Å². The Hall–Kier alpha value is -1.55. The fraction of sp³-hybridized carbons (Fsp3) is 0.500. The topological polar surface area (TPSA) is 50.4 Å². The van der Waals surface area contributed by atoms with Gasteiger partial charge in [-0.3, -0.25) is 4.79 Å². The van der Waals surface area contributed by atoms with Gasteiger partial charge in [0.1, 0.15) is 0 Å². The number of ether oxygens (including phenoxy) is 1. The summed E-state index contributed by atoms with van der Waals surface area (Å²) in [5, 5.41) is 6.05. The van der Waals surface area contributed by atoms with Gasteiger partial charge in [0.15, 0.2) is 0 Å². The third-order valence-electron chi connectivity index (χ3n) is 2.95. The zero-order valence-electron chi connectivity index (χ0n) is 11.5. The molecular weight excluding hydrogens is 228 g/mol. The van der Waals surface area contributed by atoms with Gasteiger partial charge in [-0.25, -0.2) is 0 Å². The Morgan fingerprint density at radius 2 is 2.17 bits per heavy atom. The number of carbonyl (C=O) groups is 1. The van der Waals surface area contributed by atoms with E-state index in [1.807, 2.05) is 39.1 Å². The highest BCUT2D eigenvalue weighted by Crippen LogP contribution is 2.15. The number of aryl methyl sites for hydroxylation is 1. The van der Waals surface area contributed by atoms with Crippen molar-refractivity contribution in [3.8, 4) is 0 Å². The molecule has 0 aliphatic heterocycles. The van der Waals surface area contributed by atoms with Crippen molar-refractivity contribution in [2.75, 3.05) is 26.1 Å². The lowest BCUT2D eigenvalue weighted by Gasteiger charge is -2.16. The van der Waals surface area contributed by atoms with Crippen LogP contribution in [0.5, 0.6) is 0 Å². The summed E-state index contributed by atoms with van der Waals surface area (Å²) in [6.45, 7) is 4.55. The summed E-state index contributed by atoms with van der Waals surface area (Å²) in [7, 11) is 3.51. The average molecular weight is 250 g/mol. The Morgan fingerprint density at radius 3 is 2.67 bits per heavy atom. The molecule has 100 valence electrons. The fourth-order valence-electron chi connectivity index (χ4n) is 1.82. The highest BCUT2D eigenvalue weighted by molar-refractivity contribution is 5.95. The van der Waals surface area contributed by atoms with Crippen molar-refractivity contribution in [2.24, 2.45) is 0 Å². The number of anilines is 1. The summed E-state index contributed by atoms with van der Waals surface area (Å²) in [5.74, 6) is -0.0512. The molecule has 4 nitrogen and oxygen atoms in total. The van der Waals surface area contributed by atoms with E-state index in [-0.39, 0.29) is 11.9 Å². The van der Waals surface area contributed by atoms with Gasteiger partial charge in [0.2, 0.25) is 0 Å². The first-order chi connectivity index (χ1) is 8.62. The largest absolute Gasteiger partial charge is 0.388 e. The molecular formula is C14H22N2O2. The predicted octanol–water partition coefficient (Wildman–Crippen LogP) is 2.19. The summed E-state index contributed by atoms with van der Waals surface area (Å²) in [6, 6.07) is 5.70. The van der Waals surface area contributed by atoms with Crippen molar-refractivity contribution in [3.63, 3.8) is 0 Å². The van der Waals surface area contributed by atoms with Crippen LogP contribution < -0.4 is 10.6 Å². The van der Waals surface area contributed by atoms with E-state index in [2.05, 4.69) is 10.6 Å². The molecule has 0 saturated heterocycles. The first kappa shape index (κ1) is 14.5. The van der Waals surface area contributed by atoms with Gasteiger partial charge in [-0.2, -0.15) is 0 Å². The summed E-state index contributed by atoms with van der Waals surface area (Å²) >= 11 is 0. The monoisotopic (exact) mass is 250 g/mol. The molecule has 0 saturated carbocycles. The number of rotatable bonds is 6. The van der Waals surface area contributed by atoms with Crippen LogP contribution in [0.3, 0.4) is 0 Å². The van der Waals surface area contributed by atoms with E-state index in [1.54, 1.807) is 7.11 Å². The van der Waals surface area contributed by atoms with Gasteiger partial charge in [-0.15, -0.1) is 0 Å². The molecule has 0 radical (unpaired) electrons. The van der Waals surface area contributed by atoms with Crippen LogP contribution in [0, 0.1) is 6.92 Å². The van der Waals surface area contributed by atoms with Gasteiger partial charge < -0.3 is 15.4 Å². The van der Waals surface area contributed by atoms with Crippen LogP contribution in [0.15, 0.2) is 18.2 Å². The van der Waals surface area contributed by atoms with Crippen LogP contribution in [0.25, 0.3) is 0 Å². The number of methoxy groups -OCH3 is 1. The molecule has 1 atom stereocenters. The lowest BCUT2D eigenvalue weighted by Crippen LogP contribution is -2.37. The number of amides is 1. The molecule has 18 heavy (non-hydrogen) atoms. The Morgan fingerprint density at radius 1 is 1.44 bits per heavy atom. The number of hydrogen-bond acceptors (Lipinski definition) is 3. The van der Waals surface area contributed by atoms with Crippen molar-refractivity contribution in [3.05, 3.63) is 29.3 Å². The van der Waals surface area contributed by atoms with Crippen LogP contribution in [0.1, 0.15) is 29.3 Å². The second kappa shape index (κ2) is 7.01. The molecule has 1 aromatic carbocycles. The van der Waals surface area contributed by atoms with E-state index in [9.17, 15) is 4.79 Å². The molecule has 0 heterocycles. The lowest BCUT2D eigenvalue weighted by molar-refractivity contribution is 0.0894. The minimum Gasteiger partial charge on any atom is -0.388 e. The van der Waals surface area contributed by atoms with Gasteiger partial charge in [-0.05, 0) is 37.1 Å². The minimum atomic E-state index is -0.0512. The highest BCUT2D eigenvalue weighted by atomic mass is 16.5. The van der Waals surface area contributed by atoms with Crippen molar-refractivity contribution in [1.29, 1.82) is 0 Å². The number of carbonyl (C=O) groups excluding carboxylic acids is 1.